The fraction of sp³-hybridized carbons (Fsp3) is 0.0667. The third-order valence-corrected chi connectivity index (χ3v) is 5.27. The van der Waals surface area contributed by atoms with Gasteiger partial charge in [0.2, 0.25) is 0 Å². The number of hydrazine groups is 1. The monoisotopic (exact) mass is 344 g/mol. The van der Waals surface area contributed by atoms with Gasteiger partial charge in [0.25, 0.3) is 0 Å². The molecule has 4 rings (SSSR count). The van der Waals surface area contributed by atoms with Gasteiger partial charge in [0.05, 0.1) is 20.4 Å². The van der Waals surface area contributed by atoms with Gasteiger partial charge in [-0.1, -0.05) is 52.1 Å². The molecule has 0 aliphatic heterocycles. The number of hydroxylamine groups is 1. The Hall–Kier alpha value is -2.26. The second-order valence-electron chi connectivity index (χ2n) is 4.90. The number of benzene rings is 2. The first kappa shape index (κ1) is 14.3. The Morgan fingerprint density at radius 3 is 2.65 bits per heavy atom. The molecule has 0 saturated heterocycles. The number of nitrogens with zero attached hydrogens (tertiary/aromatic N) is 3. The summed E-state index contributed by atoms with van der Waals surface area (Å²) in [6, 6.07) is 15.2. The van der Waals surface area contributed by atoms with Gasteiger partial charge < -0.3 is 0 Å². The molecular weight excluding hydrogens is 332 g/mol. The minimum Gasteiger partial charge on any atom is -0.293 e. The molecule has 4 aromatic rings. The second-order valence-corrected chi connectivity index (χ2v) is 6.93. The Morgan fingerprint density at radius 1 is 1.09 bits per heavy atom. The van der Waals surface area contributed by atoms with Crippen LogP contribution in [0.15, 0.2) is 53.3 Å². The van der Waals surface area contributed by atoms with Gasteiger partial charge >= 0.3 is 4.87 Å². The van der Waals surface area contributed by atoms with Gasteiger partial charge in [0.15, 0.2) is 5.13 Å². The minimum absolute atomic E-state index is 0.0127. The largest absolute Gasteiger partial charge is 0.309 e. The summed E-state index contributed by atoms with van der Waals surface area (Å²) in [6.45, 7) is 0.0127. The molecule has 8 heteroatoms. The van der Waals surface area contributed by atoms with Gasteiger partial charge in [-0.15, -0.1) is 0 Å². The molecule has 0 unspecified atom stereocenters. The van der Waals surface area contributed by atoms with Crippen molar-refractivity contribution in [1.29, 1.82) is 0 Å². The number of fused-ring (bicyclic) bond motifs is 2. The van der Waals surface area contributed by atoms with E-state index in [1.807, 2.05) is 48.5 Å². The van der Waals surface area contributed by atoms with Gasteiger partial charge in [-0.2, -0.15) is 0 Å². The summed E-state index contributed by atoms with van der Waals surface area (Å²) in [7, 11) is 0. The molecule has 6 nitrogen and oxygen atoms in total. The fourth-order valence-electron chi connectivity index (χ4n) is 2.35. The Morgan fingerprint density at radius 2 is 1.83 bits per heavy atom. The molecule has 2 aromatic heterocycles. The van der Waals surface area contributed by atoms with E-state index in [0.29, 0.717) is 5.13 Å². The van der Waals surface area contributed by atoms with Gasteiger partial charge in [-0.05, 0) is 24.3 Å². The summed E-state index contributed by atoms with van der Waals surface area (Å²) in [5.41, 5.74) is 4.47. The highest BCUT2D eigenvalue weighted by Gasteiger charge is 2.11. The Balaban J connectivity index is 1.58. The lowest BCUT2D eigenvalue weighted by molar-refractivity contribution is -0.0917. The summed E-state index contributed by atoms with van der Waals surface area (Å²) in [5, 5.41) is 11.6. The van der Waals surface area contributed by atoms with Crippen LogP contribution in [0.2, 0.25) is 0 Å². The van der Waals surface area contributed by atoms with Crippen LogP contribution in [0, 0.1) is 0 Å². The van der Waals surface area contributed by atoms with Gasteiger partial charge in [-0.3, -0.25) is 20.0 Å². The molecule has 0 atom stereocenters. The quantitative estimate of drug-likeness (QED) is 0.556. The maximum atomic E-state index is 12.1. The third-order valence-electron chi connectivity index (χ3n) is 3.37. The molecular formula is C15H12N4O2S2. The number of anilines is 1. The first-order valence-electron chi connectivity index (χ1n) is 6.88. The Bertz CT molecular complexity index is 1000. The maximum absolute atomic E-state index is 12.1. The zero-order chi connectivity index (χ0) is 15.8. The van der Waals surface area contributed by atoms with Crippen molar-refractivity contribution >= 4 is 48.2 Å². The number of para-hydroxylation sites is 2. The first-order valence-corrected chi connectivity index (χ1v) is 8.51. The van der Waals surface area contributed by atoms with Crippen molar-refractivity contribution in [2.24, 2.45) is 0 Å². The number of hydrogen-bond acceptors (Lipinski definition) is 7. The molecule has 116 valence electrons. The topological polar surface area (TPSA) is 70.4 Å². The van der Waals surface area contributed by atoms with Crippen LogP contribution in [-0.2, 0) is 6.67 Å². The molecule has 0 radical (unpaired) electrons. The molecule has 0 saturated carbocycles. The fourth-order valence-corrected chi connectivity index (χ4v) is 4.10. The van der Waals surface area contributed by atoms with Crippen LogP contribution in [0.1, 0.15) is 0 Å². The van der Waals surface area contributed by atoms with Crippen LogP contribution >= 0.6 is 22.7 Å². The van der Waals surface area contributed by atoms with Crippen molar-refractivity contribution in [3.05, 3.63) is 58.2 Å². The smallest absolute Gasteiger partial charge is 0.293 e. The zero-order valence-electron chi connectivity index (χ0n) is 11.8. The predicted octanol–water partition coefficient (Wildman–Crippen LogP) is 3.35. The molecule has 0 aliphatic carbocycles. The normalized spacial score (nSPS) is 11.6. The van der Waals surface area contributed by atoms with Crippen LogP contribution in [0.3, 0.4) is 0 Å². The third kappa shape index (κ3) is 2.73. The van der Waals surface area contributed by atoms with Gasteiger partial charge in [0, 0.05) is 0 Å². The van der Waals surface area contributed by atoms with E-state index in [1.54, 1.807) is 0 Å². The zero-order valence-corrected chi connectivity index (χ0v) is 13.5. The highest BCUT2D eigenvalue weighted by molar-refractivity contribution is 7.22. The lowest BCUT2D eigenvalue weighted by Crippen LogP contribution is -2.31. The van der Waals surface area contributed by atoms with E-state index in [9.17, 15) is 10.0 Å². The molecule has 0 fully saturated rings. The van der Waals surface area contributed by atoms with Crippen LogP contribution in [0.5, 0.6) is 0 Å². The van der Waals surface area contributed by atoms with Crippen molar-refractivity contribution in [3.63, 3.8) is 0 Å². The maximum Gasteiger partial charge on any atom is 0.309 e. The number of aromatic nitrogens is 2. The van der Waals surface area contributed by atoms with Crippen molar-refractivity contribution in [2.45, 2.75) is 6.67 Å². The minimum atomic E-state index is -0.114. The van der Waals surface area contributed by atoms with E-state index >= 15 is 0 Å². The molecule has 0 spiro atoms. The lowest BCUT2D eigenvalue weighted by atomic mass is 10.3. The molecule has 0 bridgehead atoms. The molecule has 23 heavy (non-hydrogen) atoms. The predicted molar refractivity (Wildman–Crippen MR) is 93.0 cm³/mol. The highest BCUT2D eigenvalue weighted by atomic mass is 32.1. The van der Waals surface area contributed by atoms with Crippen molar-refractivity contribution in [3.8, 4) is 0 Å². The average molecular weight is 344 g/mol. The molecule has 2 aromatic carbocycles. The van der Waals surface area contributed by atoms with E-state index in [-0.39, 0.29) is 11.5 Å². The first-order chi connectivity index (χ1) is 11.2. The molecule has 2 N–H and O–H groups in total. The summed E-state index contributed by atoms with van der Waals surface area (Å²) < 4.78 is 3.44. The Labute approximate surface area is 138 Å². The standard InChI is InChI=1S/C15H12N4O2S2/c20-15-18(11-6-2-4-8-13(11)23-15)9-19(21)17-14-16-10-5-1-3-7-12(10)22-14/h1-8,21H,9H2,(H,16,17). The number of hydrogen-bond donors (Lipinski definition) is 2. The summed E-state index contributed by atoms with van der Waals surface area (Å²) >= 11 is 2.60. The van der Waals surface area contributed by atoms with Crippen molar-refractivity contribution in [2.75, 3.05) is 5.43 Å². The summed E-state index contributed by atoms with van der Waals surface area (Å²) in [5.74, 6) is 0. The van der Waals surface area contributed by atoms with E-state index < -0.39 is 0 Å². The number of thiazole rings is 2. The molecule has 2 heterocycles. The van der Waals surface area contributed by atoms with E-state index in [2.05, 4.69) is 10.4 Å². The number of rotatable bonds is 4. The van der Waals surface area contributed by atoms with E-state index in [0.717, 1.165) is 36.9 Å². The van der Waals surface area contributed by atoms with Crippen LogP contribution in [0.4, 0.5) is 5.13 Å². The molecule has 0 amide bonds. The molecule has 0 aliphatic rings. The highest BCUT2D eigenvalue weighted by Crippen LogP contribution is 2.25. The van der Waals surface area contributed by atoms with Crippen LogP contribution in [0.25, 0.3) is 20.4 Å². The lowest BCUT2D eigenvalue weighted by Gasteiger charge is -2.15. The summed E-state index contributed by atoms with van der Waals surface area (Å²) in [4.78, 5) is 16.3. The van der Waals surface area contributed by atoms with Crippen LogP contribution < -0.4 is 10.3 Å². The van der Waals surface area contributed by atoms with Gasteiger partial charge in [-0.25, -0.2) is 4.98 Å². The van der Waals surface area contributed by atoms with Crippen molar-refractivity contribution < 1.29 is 5.21 Å². The average Bonchev–Trinajstić information content (AvgIpc) is 3.08. The van der Waals surface area contributed by atoms with Crippen LogP contribution in [-0.4, -0.2) is 19.9 Å². The summed E-state index contributed by atoms with van der Waals surface area (Å²) in [6.07, 6.45) is 0. The van der Waals surface area contributed by atoms with E-state index in [4.69, 9.17) is 0 Å². The number of nitrogens with one attached hydrogen (secondary N) is 1. The Kier molecular flexibility index (Phi) is 3.58. The SMILES string of the molecule is O=c1sc2ccccc2n1CN(O)Nc1nc2ccccc2s1. The van der Waals surface area contributed by atoms with Crippen molar-refractivity contribution in [1.82, 2.24) is 14.7 Å². The van der Waals surface area contributed by atoms with Gasteiger partial charge in [0.1, 0.15) is 6.67 Å². The second kappa shape index (κ2) is 5.74. The van der Waals surface area contributed by atoms with E-state index in [1.165, 1.54) is 15.9 Å².